The van der Waals surface area contributed by atoms with Crippen LogP contribution in [0.3, 0.4) is 0 Å². The molecule has 3 heterocycles. The molecule has 0 spiro atoms. The van der Waals surface area contributed by atoms with Gasteiger partial charge in [-0.1, -0.05) is 48.6 Å². The van der Waals surface area contributed by atoms with E-state index in [2.05, 4.69) is 40.6 Å². The topological polar surface area (TPSA) is 89.4 Å². The van der Waals surface area contributed by atoms with Gasteiger partial charge in [-0.05, 0) is 44.1 Å². The zero-order chi connectivity index (χ0) is 23.8. The monoisotopic (exact) mass is 471 g/mol. The number of ether oxygens (including phenoxy) is 1. The van der Waals surface area contributed by atoms with Crippen molar-refractivity contribution < 1.29 is 9.15 Å². The van der Waals surface area contributed by atoms with Gasteiger partial charge in [-0.3, -0.25) is 0 Å². The maximum Gasteiger partial charge on any atom is 0.236 e. The summed E-state index contributed by atoms with van der Waals surface area (Å²) in [6.45, 7) is 6.03. The number of hydrogen-bond donors (Lipinski definition) is 2. The van der Waals surface area contributed by atoms with Crippen LogP contribution in [-0.2, 0) is 0 Å². The largest absolute Gasteiger partial charge is 0.477 e. The third-order valence-corrected chi connectivity index (χ3v) is 7.63. The number of hydrogen-bond acceptors (Lipinski definition) is 7. The third-order valence-electron chi connectivity index (χ3n) is 7.63. The molecule has 0 radical (unpaired) electrons. The fourth-order valence-electron chi connectivity index (χ4n) is 5.46. The molecule has 7 heteroatoms. The average Bonchev–Trinajstić information content (AvgIpc) is 3.28. The van der Waals surface area contributed by atoms with Crippen LogP contribution in [-0.4, -0.2) is 48.3 Å². The van der Waals surface area contributed by atoms with Crippen LogP contribution in [0.1, 0.15) is 38.4 Å². The molecule has 3 aromatic rings. The lowest BCUT2D eigenvalue weighted by atomic mass is 9.66. The Morgan fingerprint density at radius 2 is 1.97 bits per heavy atom. The summed E-state index contributed by atoms with van der Waals surface area (Å²) in [5.74, 6) is 2.43. The highest BCUT2D eigenvalue weighted by Crippen LogP contribution is 2.45. The lowest BCUT2D eigenvalue weighted by Gasteiger charge is -2.44. The van der Waals surface area contributed by atoms with E-state index in [1.165, 1.54) is 6.42 Å². The first kappa shape index (κ1) is 22.3. The zero-order valence-corrected chi connectivity index (χ0v) is 20.3. The number of allylic oxidation sites excluding steroid dienone is 3. The number of benzene rings is 1. The van der Waals surface area contributed by atoms with Crippen molar-refractivity contribution in [3.8, 4) is 17.0 Å². The summed E-state index contributed by atoms with van der Waals surface area (Å²) in [6, 6.07) is 10.3. The van der Waals surface area contributed by atoms with E-state index in [0.717, 1.165) is 73.3 Å². The summed E-state index contributed by atoms with van der Waals surface area (Å²) in [5, 5.41) is 4.22. The number of piperazine rings is 1. The highest BCUT2D eigenvalue weighted by molar-refractivity contribution is 6.02. The van der Waals surface area contributed by atoms with Gasteiger partial charge in [0.05, 0.1) is 6.61 Å². The lowest BCUT2D eigenvalue weighted by Crippen LogP contribution is -2.52. The molecule has 1 saturated heterocycles. The van der Waals surface area contributed by atoms with Crippen LogP contribution in [0.4, 0.5) is 5.95 Å². The number of furan rings is 1. The first-order valence-corrected chi connectivity index (χ1v) is 12.8. The van der Waals surface area contributed by atoms with Crippen molar-refractivity contribution in [1.29, 1.82) is 0 Å². The molecule has 7 nitrogen and oxygen atoms in total. The highest BCUT2D eigenvalue weighted by Gasteiger charge is 2.39. The maximum atomic E-state index is 6.64. The molecule has 1 unspecified atom stereocenters. The van der Waals surface area contributed by atoms with Crippen LogP contribution in [0.5, 0.6) is 5.88 Å². The van der Waals surface area contributed by atoms with Crippen molar-refractivity contribution >= 4 is 22.6 Å². The Bertz CT molecular complexity index is 1270. The Labute approximate surface area is 206 Å². The summed E-state index contributed by atoms with van der Waals surface area (Å²) >= 11 is 0. The molecule has 1 atom stereocenters. The van der Waals surface area contributed by atoms with Gasteiger partial charge in [0.25, 0.3) is 0 Å². The normalized spacial score (nSPS) is 21.6. The molecule has 3 aliphatic rings. The summed E-state index contributed by atoms with van der Waals surface area (Å²) in [4.78, 5) is 11.9. The standard InChI is InChI=1S/C28H33N5O2/c1-2-34-25-23-22(19-7-4-3-5-8-19)24(20-9-11-21(12-10-20)28(29)13-6-14-28)35-26(23)32-27(31-25)33-17-15-30-16-18-33/h3-5,7-11,21,30H,2,6,12-18,29H2,1H3. The van der Waals surface area contributed by atoms with Crippen molar-refractivity contribution in [2.75, 3.05) is 37.7 Å². The van der Waals surface area contributed by atoms with Gasteiger partial charge in [0.15, 0.2) is 0 Å². The van der Waals surface area contributed by atoms with Crippen molar-refractivity contribution in [2.45, 2.75) is 38.1 Å². The van der Waals surface area contributed by atoms with Crippen LogP contribution >= 0.6 is 0 Å². The molecule has 6 rings (SSSR count). The van der Waals surface area contributed by atoms with Crippen molar-refractivity contribution in [3.05, 3.63) is 54.3 Å². The van der Waals surface area contributed by atoms with E-state index in [0.29, 0.717) is 30.1 Å². The summed E-state index contributed by atoms with van der Waals surface area (Å²) in [5.41, 5.74) is 10.3. The second-order valence-corrected chi connectivity index (χ2v) is 9.80. The molecular weight excluding hydrogens is 438 g/mol. The SMILES string of the molecule is CCOc1nc(N2CCNCC2)nc2oc(C3=CCC(C4(N)CCC4)C=C3)c(-c3ccccc3)c12. The van der Waals surface area contributed by atoms with E-state index in [4.69, 9.17) is 24.9 Å². The molecule has 2 aliphatic carbocycles. The second-order valence-electron chi connectivity index (χ2n) is 9.80. The molecule has 182 valence electrons. The van der Waals surface area contributed by atoms with Gasteiger partial charge >= 0.3 is 0 Å². The van der Waals surface area contributed by atoms with Crippen LogP contribution < -0.4 is 20.7 Å². The molecule has 35 heavy (non-hydrogen) atoms. The lowest BCUT2D eigenvalue weighted by molar-refractivity contribution is 0.183. The van der Waals surface area contributed by atoms with Crippen molar-refractivity contribution in [3.63, 3.8) is 0 Å². The first-order valence-electron chi connectivity index (χ1n) is 12.8. The molecule has 1 aromatic carbocycles. The molecule has 0 amide bonds. The fraction of sp³-hybridized carbons (Fsp3) is 0.429. The van der Waals surface area contributed by atoms with E-state index in [1.807, 2.05) is 25.1 Å². The number of anilines is 1. The Morgan fingerprint density at radius 1 is 1.17 bits per heavy atom. The van der Waals surface area contributed by atoms with Gasteiger partial charge in [0, 0.05) is 42.9 Å². The number of rotatable bonds is 6. The zero-order valence-electron chi connectivity index (χ0n) is 20.3. The minimum atomic E-state index is -0.0551. The molecular formula is C28H33N5O2. The number of fused-ring (bicyclic) bond motifs is 1. The predicted octanol–water partition coefficient (Wildman–Crippen LogP) is 4.54. The van der Waals surface area contributed by atoms with Gasteiger partial charge in [0.2, 0.25) is 17.5 Å². The van der Waals surface area contributed by atoms with E-state index in [9.17, 15) is 0 Å². The van der Waals surface area contributed by atoms with Crippen LogP contribution in [0.2, 0.25) is 0 Å². The minimum Gasteiger partial charge on any atom is -0.477 e. The second kappa shape index (κ2) is 9.13. The smallest absolute Gasteiger partial charge is 0.236 e. The molecule has 1 saturated carbocycles. The molecule has 3 N–H and O–H groups in total. The molecule has 1 aliphatic heterocycles. The number of nitrogens with two attached hydrogens (primary N) is 1. The van der Waals surface area contributed by atoms with Gasteiger partial charge < -0.3 is 25.1 Å². The van der Waals surface area contributed by atoms with E-state index >= 15 is 0 Å². The van der Waals surface area contributed by atoms with E-state index in [1.54, 1.807) is 0 Å². The summed E-state index contributed by atoms with van der Waals surface area (Å²) in [6.07, 6.45) is 11.1. The first-order chi connectivity index (χ1) is 17.2. The Balaban J connectivity index is 1.48. The highest BCUT2D eigenvalue weighted by atomic mass is 16.5. The summed E-state index contributed by atoms with van der Waals surface area (Å²) in [7, 11) is 0. The predicted molar refractivity (Wildman–Crippen MR) is 139 cm³/mol. The fourth-order valence-corrected chi connectivity index (χ4v) is 5.46. The van der Waals surface area contributed by atoms with Crippen LogP contribution in [0.25, 0.3) is 27.8 Å². The minimum absolute atomic E-state index is 0.0551. The van der Waals surface area contributed by atoms with Gasteiger partial charge in [-0.2, -0.15) is 9.97 Å². The number of nitrogens with one attached hydrogen (secondary N) is 1. The van der Waals surface area contributed by atoms with Crippen LogP contribution in [0, 0.1) is 5.92 Å². The van der Waals surface area contributed by atoms with Gasteiger partial charge in [-0.15, -0.1) is 0 Å². The van der Waals surface area contributed by atoms with Gasteiger partial charge in [0.1, 0.15) is 11.1 Å². The Morgan fingerprint density at radius 3 is 2.63 bits per heavy atom. The van der Waals surface area contributed by atoms with Crippen LogP contribution in [0.15, 0.2) is 53.0 Å². The number of nitrogens with zero attached hydrogens (tertiary/aromatic N) is 3. The van der Waals surface area contributed by atoms with Crippen molar-refractivity contribution in [1.82, 2.24) is 15.3 Å². The Kier molecular flexibility index (Phi) is 5.82. The summed E-state index contributed by atoms with van der Waals surface area (Å²) < 4.78 is 12.6. The molecule has 2 aromatic heterocycles. The molecule has 0 bridgehead atoms. The average molecular weight is 472 g/mol. The van der Waals surface area contributed by atoms with E-state index < -0.39 is 0 Å². The number of aromatic nitrogens is 2. The quantitative estimate of drug-likeness (QED) is 0.546. The van der Waals surface area contributed by atoms with Crippen molar-refractivity contribution in [2.24, 2.45) is 11.7 Å². The van der Waals surface area contributed by atoms with E-state index in [-0.39, 0.29) is 5.54 Å². The third kappa shape index (κ3) is 4.02. The van der Waals surface area contributed by atoms with Gasteiger partial charge in [-0.25, -0.2) is 0 Å². The maximum absolute atomic E-state index is 6.64. The Hall–Kier alpha value is -3.16. The molecule has 2 fully saturated rings.